The van der Waals surface area contributed by atoms with Crippen molar-refractivity contribution in [2.45, 2.75) is 38.4 Å². The molecule has 1 aliphatic heterocycles. The lowest BCUT2D eigenvalue weighted by atomic mass is 9.92. The van der Waals surface area contributed by atoms with Crippen LogP contribution in [0.2, 0.25) is 0 Å². The van der Waals surface area contributed by atoms with Crippen LogP contribution in [0.1, 0.15) is 31.7 Å². The Morgan fingerprint density at radius 1 is 1.27 bits per heavy atom. The highest BCUT2D eigenvalue weighted by atomic mass is 19.4. The van der Waals surface area contributed by atoms with Gasteiger partial charge in [-0.15, -0.1) is 0 Å². The van der Waals surface area contributed by atoms with Crippen LogP contribution in [0.5, 0.6) is 0 Å². The van der Waals surface area contributed by atoms with Crippen molar-refractivity contribution >= 4 is 28.4 Å². The predicted octanol–water partition coefficient (Wildman–Crippen LogP) is 3.24. The fourth-order valence-electron chi connectivity index (χ4n) is 4.05. The third-order valence-corrected chi connectivity index (χ3v) is 5.95. The second-order valence-corrected chi connectivity index (χ2v) is 8.20. The number of carbonyl (C=O) groups is 2. The van der Waals surface area contributed by atoms with Gasteiger partial charge >= 0.3 is 6.18 Å². The fraction of sp³-hybridized carbons (Fsp3) is 0.478. The van der Waals surface area contributed by atoms with Crippen molar-refractivity contribution in [2.24, 2.45) is 5.92 Å². The summed E-state index contributed by atoms with van der Waals surface area (Å²) in [6, 6.07) is 7.88. The number of benzene rings is 1. The number of alkyl halides is 3. The smallest absolute Gasteiger partial charge is 0.368 e. The zero-order chi connectivity index (χ0) is 24.2. The average Bonchev–Trinajstić information content (AvgIpc) is 2.80. The second kappa shape index (κ2) is 10.1. The van der Waals surface area contributed by atoms with Gasteiger partial charge in [-0.2, -0.15) is 18.4 Å². The van der Waals surface area contributed by atoms with Gasteiger partial charge in [0.1, 0.15) is 6.07 Å². The summed E-state index contributed by atoms with van der Waals surface area (Å²) in [4.78, 5) is 31.6. The number of anilines is 1. The largest absolute Gasteiger partial charge is 0.393 e. The third-order valence-electron chi connectivity index (χ3n) is 5.95. The van der Waals surface area contributed by atoms with E-state index in [4.69, 9.17) is 0 Å². The molecular formula is C23H26F3N5O2. The van der Waals surface area contributed by atoms with Crippen molar-refractivity contribution in [1.82, 2.24) is 15.2 Å². The topological polar surface area (TPSA) is 89.3 Å². The molecule has 1 aromatic carbocycles. The Morgan fingerprint density at radius 3 is 2.70 bits per heavy atom. The van der Waals surface area contributed by atoms with Gasteiger partial charge in [-0.1, -0.05) is 0 Å². The van der Waals surface area contributed by atoms with E-state index in [0.717, 1.165) is 0 Å². The number of hydrogen-bond acceptors (Lipinski definition) is 5. The molecule has 1 aliphatic rings. The lowest BCUT2D eigenvalue weighted by molar-refractivity contribution is -0.178. The van der Waals surface area contributed by atoms with Crippen molar-refractivity contribution in [1.29, 1.82) is 5.26 Å². The highest BCUT2D eigenvalue weighted by Crippen LogP contribution is 2.37. The first-order valence-electron chi connectivity index (χ1n) is 10.8. The molecule has 0 saturated carbocycles. The Hall–Kier alpha value is -3.35. The molecule has 0 aliphatic carbocycles. The molecule has 2 aromatic rings. The SMILES string of the molecule is CCN(C)C(=O)CCC(=O)N[C@@H]1C[C@H](C(F)(F)F)CN(c2ccc(C#N)c3ncccc23)C1. The van der Waals surface area contributed by atoms with Gasteiger partial charge in [0.15, 0.2) is 0 Å². The number of nitriles is 1. The number of pyridine rings is 1. The normalized spacial score (nSPS) is 18.6. The van der Waals surface area contributed by atoms with E-state index in [2.05, 4.69) is 16.4 Å². The predicted molar refractivity (Wildman–Crippen MR) is 117 cm³/mol. The van der Waals surface area contributed by atoms with Gasteiger partial charge in [0.25, 0.3) is 0 Å². The molecule has 0 radical (unpaired) electrons. The van der Waals surface area contributed by atoms with E-state index in [1.807, 2.05) is 6.92 Å². The van der Waals surface area contributed by atoms with Gasteiger partial charge in [-0.3, -0.25) is 14.6 Å². The maximum absolute atomic E-state index is 13.7. The molecule has 1 fully saturated rings. The van der Waals surface area contributed by atoms with Gasteiger partial charge in [0.2, 0.25) is 11.8 Å². The summed E-state index contributed by atoms with van der Waals surface area (Å²) >= 11 is 0. The first-order chi connectivity index (χ1) is 15.6. The summed E-state index contributed by atoms with van der Waals surface area (Å²) in [5, 5.41) is 12.6. The molecule has 176 valence electrons. The number of nitrogens with one attached hydrogen (secondary N) is 1. The molecule has 33 heavy (non-hydrogen) atoms. The van der Waals surface area contributed by atoms with Crippen LogP contribution in [0.4, 0.5) is 18.9 Å². The fourth-order valence-corrected chi connectivity index (χ4v) is 4.05. The van der Waals surface area contributed by atoms with Crippen molar-refractivity contribution in [3.8, 4) is 6.07 Å². The van der Waals surface area contributed by atoms with E-state index in [9.17, 15) is 28.0 Å². The Bertz CT molecular complexity index is 1070. The average molecular weight is 461 g/mol. The van der Waals surface area contributed by atoms with Crippen LogP contribution in [0.3, 0.4) is 0 Å². The molecule has 0 bridgehead atoms. The molecule has 1 saturated heterocycles. The number of piperidine rings is 1. The van der Waals surface area contributed by atoms with Gasteiger partial charge < -0.3 is 15.1 Å². The molecule has 2 heterocycles. The summed E-state index contributed by atoms with van der Waals surface area (Å²) in [5.74, 6) is -2.28. The number of hydrogen-bond donors (Lipinski definition) is 1. The van der Waals surface area contributed by atoms with Gasteiger partial charge in [-0.05, 0) is 37.6 Å². The van der Waals surface area contributed by atoms with Crippen LogP contribution in [0.25, 0.3) is 10.9 Å². The van der Waals surface area contributed by atoms with Gasteiger partial charge in [-0.25, -0.2) is 0 Å². The maximum Gasteiger partial charge on any atom is 0.393 e. The van der Waals surface area contributed by atoms with Crippen LogP contribution in [0.15, 0.2) is 30.5 Å². The summed E-state index contributed by atoms with van der Waals surface area (Å²) < 4.78 is 41.1. The molecule has 3 rings (SSSR count). The lowest BCUT2D eigenvalue weighted by Crippen LogP contribution is -2.54. The Morgan fingerprint density at radius 2 is 2.03 bits per heavy atom. The van der Waals surface area contributed by atoms with E-state index in [1.54, 1.807) is 36.2 Å². The molecular weight excluding hydrogens is 435 g/mol. The zero-order valence-corrected chi connectivity index (χ0v) is 18.5. The minimum absolute atomic E-state index is 0.00123. The minimum Gasteiger partial charge on any atom is -0.368 e. The highest BCUT2D eigenvalue weighted by Gasteiger charge is 2.45. The molecule has 1 aromatic heterocycles. The zero-order valence-electron chi connectivity index (χ0n) is 18.5. The number of amides is 2. The minimum atomic E-state index is -4.43. The van der Waals surface area contributed by atoms with E-state index in [-0.39, 0.29) is 38.3 Å². The first-order valence-corrected chi connectivity index (χ1v) is 10.8. The molecule has 2 amide bonds. The summed E-state index contributed by atoms with van der Waals surface area (Å²) in [5.41, 5.74) is 1.29. The van der Waals surface area contributed by atoms with Crippen LogP contribution in [0, 0.1) is 17.2 Å². The molecule has 7 nitrogen and oxygen atoms in total. The van der Waals surface area contributed by atoms with E-state index in [0.29, 0.717) is 28.7 Å². The number of nitrogens with zero attached hydrogens (tertiary/aromatic N) is 4. The quantitative estimate of drug-likeness (QED) is 0.714. The van der Waals surface area contributed by atoms with Crippen molar-refractivity contribution in [3.05, 3.63) is 36.0 Å². The Balaban J connectivity index is 1.81. The monoisotopic (exact) mass is 461 g/mol. The number of fused-ring (bicyclic) bond motifs is 1. The molecule has 2 atom stereocenters. The van der Waals surface area contributed by atoms with Crippen molar-refractivity contribution in [2.75, 3.05) is 31.6 Å². The Labute approximate surface area is 190 Å². The molecule has 0 unspecified atom stereocenters. The number of rotatable bonds is 6. The summed E-state index contributed by atoms with van der Waals surface area (Å²) in [6.07, 6.45) is -3.22. The Kier molecular flexibility index (Phi) is 7.41. The van der Waals surface area contributed by atoms with Crippen LogP contribution >= 0.6 is 0 Å². The maximum atomic E-state index is 13.7. The molecule has 0 spiro atoms. The third kappa shape index (κ3) is 5.72. The number of carbonyl (C=O) groups excluding carboxylic acids is 2. The highest BCUT2D eigenvalue weighted by molar-refractivity contribution is 5.95. The van der Waals surface area contributed by atoms with Crippen LogP contribution in [-0.4, -0.2) is 60.6 Å². The molecule has 1 N–H and O–H groups in total. The standard InChI is InChI=1S/C23H26F3N5O2/c1-3-30(2)21(33)9-8-20(32)29-17-11-16(23(24,25)26)13-31(14-17)19-7-6-15(12-27)22-18(19)5-4-10-28-22/h4-7,10,16-17H,3,8-9,11,13-14H2,1-2H3,(H,29,32)/t16-,17+/m0/s1. The number of halogens is 3. The first kappa shape index (κ1) is 24.3. The summed E-state index contributed by atoms with van der Waals surface area (Å²) in [7, 11) is 1.63. The summed E-state index contributed by atoms with van der Waals surface area (Å²) in [6.45, 7) is 2.25. The van der Waals surface area contributed by atoms with Crippen molar-refractivity contribution < 1.29 is 22.8 Å². The van der Waals surface area contributed by atoms with Crippen LogP contribution < -0.4 is 10.2 Å². The van der Waals surface area contributed by atoms with Crippen LogP contribution in [-0.2, 0) is 9.59 Å². The van der Waals surface area contributed by atoms with Crippen molar-refractivity contribution in [3.63, 3.8) is 0 Å². The van der Waals surface area contributed by atoms with E-state index in [1.165, 1.54) is 11.1 Å². The number of aromatic nitrogens is 1. The molecule has 10 heteroatoms. The van der Waals surface area contributed by atoms with E-state index < -0.39 is 24.0 Å². The van der Waals surface area contributed by atoms with Gasteiger partial charge in [0.05, 0.1) is 17.0 Å². The van der Waals surface area contributed by atoms with Gasteiger partial charge in [0, 0.05) is 62.8 Å². The second-order valence-electron chi connectivity index (χ2n) is 8.20. The van der Waals surface area contributed by atoms with E-state index >= 15 is 0 Å². The lowest BCUT2D eigenvalue weighted by Gasteiger charge is -2.40.